The van der Waals surface area contributed by atoms with E-state index in [-0.39, 0.29) is 20.5 Å². The number of carboxylic acids is 1. The van der Waals surface area contributed by atoms with Gasteiger partial charge in [-0.1, -0.05) is 0 Å². The maximum absolute atomic E-state index is 13.9. The van der Waals surface area contributed by atoms with Crippen LogP contribution < -0.4 is 5.32 Å². The van der Waals surface area contributed by atoms with Crippen LogP contribution in [0.1, 0.15) is 10.6 Å². The van der Waals surface area contributed by atoms with Crippen LogP contribution in [0, 0.1) is 15.2 Å². The first-order valence-electron chi connectivity index (χ1n) is 5.98. The van der Waals surface area contributed by atoms with Gasteiger partial charge in [-0.25, -0.2) is 13.6 Å². The second kappa shape index (κ2) is 5.52. The number of hydrogen-bond donors (Lipinski definition) is 2. The number of pyridine rings is 1. The predicted molar refractivity (Wildman–Crippen MR) is 83.3 cm³/mol. The summed E-state index contributed by atoms with van der Waals surface area (Å²) in [5.74, 6) is -3.06. The summed E-state index contributed by atoms with van der Waals surface area (Å²) in [6.07, 6.45) is 2.82. The molecule has 1 aromatic carbocycles. The molecule has 0 spiro atoms. The van der Waals surface area contributed by atoms with Gasteiger partial charge in [0.25, 0.3) is 0 Å². The topological polar surface area (TPSA) is 75.4 Å². The van der Waals surface area contributed by atoms with Gasteiger partial charge in [-0.15, -0.1) is 0 Å². The van der Waals surface area contributed by atoms with Crippen LogP contribution in [0.15, 0.2) is 35.0 Å². The smallest absolute Gasteiger partial charge is 0.374 e. The number of hydrogen-bond acceptors (Lipinski definition) is 4. The lowest BCUT2D eigenvalue weighted by Gasteiger charge is -2.08. The van der Waals surface area contributed by atoms with Crippen molar-refractivity contribution < 1.29 is 23.1 Å². The Balaban J connectivity index is 2.16. The molecule has 0 unspecified atom stereocenters. The molecule has 0 bridgehead atoms. The first-order valence-corrected chi connectivity index (χ1v) is 7.06. The molecule has 0 atom stereocenters. The third-order valence-electron chi connectivity index (χ3n) is 2.95. The summed E-state index contributed by atoms with van der Waals surface area (Å²) in [6.45, 7) is 0. The van der Waals surface area contributed by atoms with Crippen LogP contribution in [-0.2, 0) is 0 Å². The van der Waals surface area contributed by atoms with Crippen molar-refractivity contribution in [2.45, 2.75) is 0 Å². The van der Waals surface area contributed by atoms with E-state index in [0.29, 0.717) is 5.39 Å². The maximum Gasteiger partial charge on any atom is 0.374 e. The molecule has 0 fully saturated rings. The Morgan fingerprint density at radius 3 is 2.82 bits per heavy atom. The van der Waals surface area contributed by atoms with Crippen molar-refractivity contribution in [3.63, 3.8) is 0 Å². The van der Waals surface area contributed by atoms with Gasteiger partial charge in [0.05, 0.1) is 14.6 Å². The molecule has 3 rings (SSSR count). The van der Waals surface area contributed by atoms with Crippen molar-refractivity contribution in [1.29, 1.82) is 0 Å². The Morgan fingerprint density at radius 2 is 2.09 bits per heavy atom. The van der Waals surface area contributed by atoms with Crippen molar-refractivity contribution in [3.05, 3.63) is 51.6 Å². The Hall–Kier alpha value is -2.23. The van der Waals surface area contributed by atoms with Gasteiger partial charge in [-0.05, 0) is 34.7 Å². The number of rotatable bonds is 3. The highest BCUT2D eigenvalue weighted by Gasteiger charge is 2.21. The highest BCUT2D eigenvalue weighted by atomic mass is 127. The van der Waals surface area contributed by atoms with E-state index in [1.807, 2.05) is 0 Å². The van der Waals surface area contributed by atoms with E-state index in [4.69, 9.17) is 4.42 Å². The molecular formula is C14H7F2IN2O3. The van der Waals surface area contributed by atoms with Crippen LogP contribution >= 0.6 is 22.6 Å². The van der Waals surface area contributed by atoms with E-state index in [9.17, 15) is 18.7 Å². The fourth-order valence-corrected chi connectivity index (χ4v) is 2.40. The van der Waals surface area contributed by atoms with Crippen molar-refractivity contribution in [1.82, 2.24) is 4.98 Å². The summed E-state index contributed by atoms with van der Waals surface area (Å²) in [6, 6.07) is 3.45. The molecule has 2 N–H and O–H groups in total. The molecule has 0 aliphatic rings. The molecular weight excluding hydrogens is 409 g/mol. The zero-order valence-corrected chi connectivity index (χ0v) is 12.9. The first-order chi connectivity index (χ1) is 10.5. The predicted octanol–water partition coefficient (Wildman–Crippen LogP) is 4.15. The van der Waals surface area contributed by atoms with Gasteiger partial charge in [0.1, 0.15) is 22.9 Å². The number of halogens is 3. The van der Waals surface area contributed by atoms with Crippen molar-refractivity contribution >= 4 is 50.9 Å². The number of carboxylic acid groups (broad SMARTS) is 1. The van der Waals surface area contributed by atoms with E-state index in [1.54, 1.807) is 22.6 Å². The standard InChI is InChI=1S/C14H7F2IN2O3/c15-7-4-10(8(16)3-9(7)17)19-12-6-5-18-2-1-11(6)22-13(12)14(20)21/h1-5,19H,(H,20,21). The lowest BCUT2D eigenvalue weighted by molar-refractivity contribution is 0.0666. The molecule has 0 aliphatic heterocycles. The van der Waals surface area contributed by atoms with Crippen LogP contribution in [-0.4, -0.2) is 16.1 Å². The van der Waals surface area contributed by atoms with E-state index >= 15 is 0 Å². The Morgan fingerprint density at radius 1 is 1.32 bits per heavy atom. The number of aromatic carboxylic acids is 1. The number of anilines is 2. The zero-order valence-electron chi connectivity index (χ0n) is 10.7. The number of fused-ring (bicyclic) bond motifs is 1. The normalized spacial score (nSPS) is 10.9. The number of nitrogens with zero attached hydrogens (tertiary/aromatic N) is 1. The molecule has 2 heterocycles. The molecule has 22 heavy (non-hydrogen) atoms. The minimum Gasteiger partial charge on any atom is -0.475 e. The SMILES string of the molecule is O=C(O)c1oc2ccncc2c1Nc1cc(F)c(I)cc1F. The summed E-state index contributed by atoms with van der Waals surface area (Å²) in [4.78, 5) is 15.1. The summed E-state index contributed by atoms with van der Waals surface area (Å²) in [5, 5.41) is 12.1. The summed E-state index contributed by atoms with van der Waals surface area (Å²) in [5.41, 5.74) is 0.114. The molecule has 3 aromatic rings. The minimum atomic E-state index is -1.33. The molecule has 0 aliphatic carbocycles. The molecule has 0 amide bonds. The van der Waals surface area contributed by atoms with Gasteiger partial charge in [0, 0.05) is 18.5 Å². The van der Waals surface area contributed by atoms with Crippen molar-refractivity contribution in [2.24, 2.45) is 0 Å². The zero-order chi connectivity index (χ0) is 15.9. The average molecular weight is 416 g/mol. The summed E-state index contributed by atoms with van der Waals surface area (Å²) in [7, 11) is 0. The number of nitrogens with one attached hydrogen (secondary N) is 1. The average Bonchev–Trinajstić information content (AvgIpc) is 2.84. The van der Waals surface area contributed by atoms with Gasteiger partial charge in [-0.3, -0.25) is 4.98 Å². The second-order valence-corrected chi connectivity index (χ2v) is 5.52. The number of furan rings is 1. The summed E-state index contributed by atoms with van der Waals surface area (Å²) >= 11 is 1.66. The highest BCUT2D eigenvalue weighted by molar-refractivity contribution is 14.1. The molecule has 112 valence electrons. The largest absolute Gasteiger partial charge is 0.475 e. The van der Waals surface area contributed by atoms with Gasteiger partial charge in [-0.2, -0.15) is 0 Å². The first kappa shape index (κ1) is 14.7. The fourth-order valence-electron chi connectivity index (χ4n) is 1.97. The molecule has 5 nitrogen and oxygen atoms in total. The van der Waals surface area contributed by atoms with Gasteiger partial charge < -0.3 is 14.8 Å². The molecule has 0 saturated carbocycles. The van der Waals surface area contributed by atoms with Crippen LogP contribution in [0.4, 0.5) is 20.2 Å². The third kappa shape index (κ3) is 2.49. The summed E-state index contributed by atoms with van der Waals surface area (Å²) < 4.78 is 32.9. The van der Waals surface area contributed by atoms with Crippen LogP contribution in [0.3, 0.4) is 0 Å². The molecule has 8 heteroatoms. The van der Waals surface area contributed by atoms with Crippen LogP contribution in [0.25, 0.3) is 11.0 Å². The third-order valence-corrected chi connectivity index (χ3v) is 3.78. The molecule has 2 aromatic heterocycles. The minimum absolute atomic E-state index is 0.0232. The van der Waals surface area contributed by atoms with Gasteiger partial charge >= 0.3 is 5.97 Å². The van der Waals surface area contributed by atoms with Crippen LogP contribution in [0.5, 0.6) is 0 Å². The van der Waals surface area contributed by atoms with Crippen molar-refractivity contribution in [2.75, 3.05) is 5.32 Å². The van der Waals surface area contributed by atoms with Crippen molar-refractivity contribution in [3.8, 4) is 0 Å². The van der Waals surface area contributed by atoms with E-state index in [1.165, 1.54) is 18.5 Å². The van der Waals surface area contributed by atoms with E-state index < -0.39 is 23.4 Å². The number of aromatic nitrogens is 1. The lowest BCUT2D eigenvalue weighted by Crippen LogP contribution is -2.02. The number of carbonyl (C=O) groups is 1. The van der Waals surface area contributed by atoms with E-state index in [0.717, 1.165) is 12.1 Å². The fraction of sp³-hybridized carbons (Fsp3) is 0. The Kier molecular flexibility index (Phi) is 3.69. The van der Waals surface area contributed by atoms with Gasteiger partial charge in [0.2, 0.25) is 5.76 Å². The molecule has 0 radical (unpaired) electrons. The quantitative estimate of drug-likeness (QED) is 0.496. The second-order valence-electron chi connectivity index (χ2n) is 4.35. The van der Waals surface area contributed by atoms with Crippen LogP contribution in [0.2, 0.25) is 0 Å². The molecule has 0 saturated heterocycles. The Labute approximate surface area is 136 Å². The monoisotopic (exact) mass is 416 g/mol. The Bertz CT molecular complexity index is 895. The van der Waals surface area contributed by atoms with E-state index in [2.05, 4.69) is 10.3 Å². The highest BCUT2D eigenvalue weighted by Crippen LogP contribution is 2.34. The van der Waals surface area contributed by atoms with Gasteiger partial charge in [0.15, 0.2) is 0 Å². The number of benzene rings is 1. The maximum atomic E-state index is 13.9. The lowest BCUT2D eigenvalue weighted by atomic mass is 10.2.